The molecule has 1 saturated heterocycles. The Morgan fingerprint density at radius 2 is 1.68 bits per heavy atom. The van der Waals surface area contributed by atoms with Gasteiger partial charge >= 0.3 is 0 Å². The Hall–Kier alpha value is -2.27. The fourth-order valence-electron chi connectivity index (χ4n) is 7.29. The van der Waals surface area contributed by atoms with Crippen LogP contribution in [0.25, 0.3) is 11.8 Å². The number of ketones is 2. The third-order valence-corrected chi connectivity index (χ3v) is 9.53. The summed E-state index contributed by atoms with van der Waals surface area (Å²) in [5.74, 6) is 2.57. The summed E-state index contributed by atoms with van der Waals surface area (Å²) in [7, 11) is 1.62. The molecule has 10 heteroatoms. The molecule has 1 aliphatic heterocycles. The molecule has 41 heavy (non-hydrogen) atoms. The average Bonchev–Trinajstić information content (AvgIpc) is 2.95. The van der Waals surface area contributed by atoms with E-state index in [1.165, 1.54) is 24.1 Å². The molecule has 4 N–H and O–H groups in total. The molecule has 9 nitrogen and oxygen atoms in total. The molecular formula is C31H39ClO9. The number of aliphatic hydroxyl groups excluding tert-OH is 4. The molecule has 6 rings (SSSR count). The number of carbonyl (C=O) groups is 2. The van der Waals surface area contributed by atoms with Gasteiger partial charge in [0.05, 0.1) is 25.2 Å². The number of aliphatic hydroxyl groups is 4. The van der Waals surface area contributed by atoms with Crippen molar-refractivity contribution in [2.75, 3.05) is 13.7 Å². The second kappa shape index (κ2) is 12.5. The van der Waals surface area contributed by atoms with E-state index in [1.54, 1.807) is 26.2 Å². The molecule has 1 heterocycles. The zero-order valence-electron chi connectivity index (χ0n) is 23.4. The van der Waals surface area contributed by atoms with Crippen molar-refractivity contribution in [2.24, 2.45) is 23.7 Å². The van der Waals surface area contributed by atoms with Crippen LogP contribution in [0.2, 0.25) is 5.02 Å². The smallest absolute Gasteiger partial charge is 0.229 e. The van der Waals surface area contributed by atoms with Crippen LogP contribution in [-0.4, -0.2) is 76.4 Å². The molecule has 4 bridgehead atoms. The van der Waals surface area contributed by atoms with Gasteiger partial charge < -0.3 is 34.6 Å². The van der Waals surface area contributed by atoms with E-state index in [-0.39, 0.29) is 35.2 Å². The SMILES string of the molecule is CCC(=O)CC(=O)/C=C/c1ccc(C(OC)=C2C3CC4CC(C3)CC2C4)c(Cl)c1O[C@@H]1OC(CO)[C@H](O)[C@H](O)C1O. The maximum atomic E-state index is 12.4. The minimum atomic E-state index is -1.65. The maximum Gasteiger partial charge on any atom is 0.229 e. The van der Waals surface area contributed by atoms with E-state index in [9.17, 15) is 30.0 Å². The number of halogens is 1. The quantitative estimate of drug-likeness (QED) is 0.183. The number of hydrogen-bond donors (Lipinski definition) is 4. The summed E-state index contributed by atoms with van der Waals surface area (Å²) in [6, 6.07) is 3.52. The van der Waals surface area contributed by atoms with Gasteiger partial charge in [-0.05, 0) is 79.6 Å². The number of ether oxygens (including phenoxy) is 3. The molecule has 224 valence electrons. The lowest BCUT2D eigenvalue weighted by Gasteiger charge is -2.51. The summed E-state index contributed by atoms with van der Waals surface area (Å²) in [5, 5.41) is 41.0. The number of rotatable bonds is 10. The van der Waals surface area contributed by atoms with E-state index in [0.717, 1.165) is 37.5 Å². The second-order valence-electron chi connectivity index (χ2n) is 11.8. The van der Waals surface area contributed by atoms with E-state index >= 15 is 0 Å². The van der Waals surface area contributed by atoms with Crippen molar-refractivity contribution < 1.29 is 44.2 Å². The summed E-state index contributed by atoms with van der Waals surface area (Å²) >= 11 is 7.01. The van der Waals surface area contributed by atoms with Crippen LogP contribution in [0.3, 0.4) is 0 Å². The Bertz CT molecular complexity index is 1190. The average molecular weight is 591 g/mol. The Morgan fingerprint density at radius 1 is 1.02 bits per heavy atom. The van der Waals surface area contributed by atoms with Gasteiger partial charge in [0.2, 0.25) is 6.29 Å². The lowest BCUT2D eigenvalue weighted by atomic mass is 9.54. The molecule has 0 radical (unpaired) electrons. The van der Waals surface area contributed by atoms with Crippen molar-refractivity contribution in [3.05, 3.63) is 39.9 Å². The van der Waals surface area contributed by atoms with Gasteiger partial charge in [0.15, 0.2) is 5.78 Å². The topological polar surface area (TPSA) is 143 Å². The highest BCUT2D eigenvalue weighted by Crippen LogP contribution is 2.58. The molecule has 5 atom stereocenters. The maximum absolute atomic E-state index is 12.4. The molecule has 4 aliphatic carbocycles. The number of benzene rings is 1. The predicted molar refractivity (Wildman–Crippen MR) is 151 cm³/mol. The highest BCUT2D eigenvalue weighted by molar-refractivity contribution is 6.34. The van der Waals surface area contributed by atoms with Crippen molar-refractivity contribution >= 4 is 35.0 Å². The summed E-state index contributed by atoms with van der Waals surface area (Å²) in [4.78, 5) is 24.1. The zero-order chi connectivity index (χ0) is 29.4. The molecule has 0 aromatic heterocycles. The number of allylic oxidation sites excluding steroid dienone is 2. The summed E-state index contributed by atoms with van der Waals surface area (Å²) < 4.78 is 17.7. The molecule has 5 aliphatic rings. The predicted octanol–water partition coefficient (Wildman–Crippen LogP) is 3.28. The third-order valence-electron chi connectivity index (χ3n) is 9.15. The first-order valence-corrected chi connectivity index (χ1v) is 14.8. The fourth-order valence-corrected chi connectivity index (χ4v) is 7.59. The van der Waals surface area contributed by atoms with Crippen molar-refractivity contribution in [3.8, 4) is 5.75 Å². The summed E-state index contributed by atoms with van der Waals surface area (Å²) in [6.45, 7) is 1.08. The van der Waals surface area contributed by atoms with Gasteiger partial charge in [-0.25, -0.2) is 0 Å². The Kier molecular flexibility index (Phi) is 9.23. The molecule has 1 aromatic carbocycles. The van der Waals surface area contributed by atoms with Crippen molar-refractivity contribution in [1.82, 2.24) is 0 Å². The highest BCUT2D eigenvalue weighted by Gasteiger charge is 2.48. The van der Waals surface area contributed by atoms with Gasteiger partial charge in [0, 0.05) is 17.5 Å². The molecule has 0 amide bonds. The standard InChI is InChI=1S/C31H39ClO9/c1-3-20(34)13-21(35)6-4-17-5-7-22(30(39-2)24-18-9-15-8-16(11-18)12-19(24)10-15)25(32)29(17)41-31-28(38)27(37)26(36)23(14-33)40-31/h4-7,15-16,18-19,23,26-28,31,33,36-38H,3,8-14H2,1-2H3/b6-4+,30-24?/t15?,16?,18?,19?,23?,26-,27-,28?,31-/m0/s1. The normalized spacial score (nSPS) is 34.2. The van der Waals surface area contributed by atoms with Crippen molar-refractivity contribution in [1.29, 1.82) is 0 Å². The minimum absolute atomic E-state index is 0.0679. The zero-order valence-corrected chi connectivity index (χ0v) is 24.1. The summed E-state index contributed by atoms with van der Waals surface area (Å²) in [5.41, 5.74) is 2.25. The lowest BCUT2D eigenvalue weighted by Crippen LogP contribution is -2.60. The number of Topliss-reactive ketones (excluding diaryl/α,β-unsaturated/α-hetero) is 1. The highest BCUT2D eigenvalue weighted by atomic mass is 35.5. The van der Waals surface area contributed by atoms with Crippen LogP contribution >= 0.6 is 11.6 Å². The third kappa shape index (κ3) is 5.98. The van der Waals surface area contributed by atoms with Gasteiger partial charge in [-0.3, -0.25) is 9.59 Å². The van der Waals surface area contributed by atoms with Crippen LogP contribution in [0.4, 0.5) is 0 Å². The van der Waals surface area contributed by atoms with Crippen LogP contribution in [-0.2, 0) is 19.1 Å². The van der Waals surface area contributed by atoms with Crippen LogP contribution in [0.1, 0.15) is 63.0 Å². The van der Waals surface area contributed by atoms with E-state index in [1.807, 2.05) is 0 Å². The van der Waals surface area contributed by atoms with Gasteiger partial charge in [-0.1, -0.05) is 24.6 Å². The van der Waals surface area contributed by atoms with E-state index in [2.05, 4.69) is 0 Å². The molecule has 0 spiro atoms. The van der Waals surface area contributed by atoms with E-state index in [4.69, 9.17) is 25.8 Å². The van der Waals surface area contributed by atoms with Crippen LogP contribution in [0, 0.1) is 23.7 Å². The monoisotopic (exact) mass is 590 g/mol. The van der Waals surface area contributed by atoms with Crippen molar-refractivity contribution in [2.45, 2.75) is 82.6 Å². The number of carbonyl (C=O) groups excluding carboxylic acids is 2. The molecule has 2 unspecified atom stereocenters. The molecule has 1 aromatic rings. The fraction of sp³-hybridized carbons (Fsp3) is 0.613. The Balaban J connectivity index is 1.54. The van der Waals surface area contributed by atoms with Gasteiger partial charge in [0.1, 0.15) is 41.7 Å². The first-order chi connectivity index (χ1) is 19.6. The van der Waals surface area contributed by atoms with Gasteiger partial charge in [-0.2, -0.15) is 0 Å². The van der Waals surface area contributed by atoms with Crippen LogP contribution < -0.4 is 4.74 Å². The summed E-state index contributed by atoms with van der Waals surface area (Å²) in [6.07, 6.45) is 1.13. The van der Waals surface area contributed by atoms with Crippen LogP contribution in [0.5, 0.6) is 5.75 Å². The molecule has 4 saturated carbocycles. The van der Waals surface area contributed by atoms with Crippen molar-refractivity contribution in [3.63, 3.8) is 0 Å². The Morgan fingerprint density at radius 3 is 2.27 bits per heavy atom. The van der Waals surface area contributed by atoms with Gasteiger partial charge in [-0.15, -0.1) is 0 Å². The Labute approximate surface area is 244 Å². The second-order valence-corrected chi connectivity index (χ2v) is 12.2. The van der Waals surface area contributed by atoms with Crippen LogP contribution in [0.15, 0.2) is 23.8 Å². The first-order valence-electron chi connectivity index (χ1n) is 14.5. The van der Waals surface area contributed by atoms with E-state index in [0.29, 0.717) is 28.7 Å². The first kappa shape index (κ1) is 30.2. The molecular weight excluding hydrogens is 552 g/mol. The largest absolute Gasteiger partial charge is 0.496 e. The molecule has 5 fully saturated rings. The minimum Gasteiger partial charge on any atom is -0.496 e. The van der Waals surface area contributed by atoms with E-state index < -0.39 is 37.3 Å². The number of hydrogen-bond acceptors (Lipinski definition) is 9. The number of methoxy groups -OCH3 is 1. The van der Waals surface area contributed by atoms with Gasteiger partial charge in [0.25, 0.3) is 0 Å². The lowest BCUT2D eigenvalue weighted by molar-refractivity contribution is -0.277.